The Morgan fingerprint density at radius 1 is 0.259 bits per heavy atom. The van der Waals surface area contributed by atoms with Crippen molar-refractivity contribution in [3.8, 4) is 11.4 Å². The fourth-order valence-corrected chi connectivity index (χ4v) is 12.8. The summed E-state index contributed by atoms with van der Waals surface area (Å²) < 4.78 is 7.84. The Morgan fingerprint density at radius 3 is 1.21 bits per heavy atom. The van der Waals surface area contributed by atoms with E-state index in [2.05, 4.69) is 214 Å². The summed E-state index contributed by atoms with van der Waals surface area (Å²) in [4.78, 5) is 2.49. The standard InChI is InChI=1S/C54H33N3Te/c1-2-14-38-37(13-1)39-28-25-35(57-51-21-9-11-23-53(51)58-54-24-12-10-22-52(54)57)32-45(39)40-29-26-34(31-44(38)40)56-49-20-8-5-17-43(49)46-33-36(27-30-50(46)56)55-47-18-6-3-15-41(47)42-16-4-7-19-48(42)55/h1-33H. The van der Waals surface area contributed by atoms with Gasteiger partial charge in [0.1, 0.15) is 0 Å². The number of para-hydroxylation sites is 5. The number of benzene rings is 10. The first-order valence-electron chi connectivity index (χ1n) is 19.8. The molecule has 0 bridgehead atoms. The Hall–Kier alpha value is -6.83. The third-order valence-corrected chi connectivity index (χ3v) is 15.5. The van der Waals surface area contributed by atoms with Crippen molar-refractivity contribution in [1.29, 1.82) is 0 Å². The van der Waals surface area contributed by atoms with E-state index in [9.17, 15) is 0 Å². The van der Waals surface area contributed by atoms with Gasteiger partial charge in [0.2, 0.25) is 0 Å². The van der Waals surface area contributed by atoms with Crippen LogP contribution in [0.4, 0.5) is 17.1 Å². The normalized spacial score (nSPS) is 12.7. The van der Waals surface area contributed by atoms with Crippen molar-refractivity contribution in [2.45, 2.75) is 0 Å². The van der Waals surface area contributed by atoms with Gasteiger partial charge >= 0.3 is 213 Å². The molecule has 0 fully saturated rings. The Bertz CT molecular complexity index is 3590. The van der Waals surface area contributed by atoms with Gasteiger partial charge in [-0.05, 0) is 36.4 Å². The average Bonchev–Trinajstić information content (AvgIpc) is 3.80. The van der Waals surface area contributed by atoms with E-state index in [1.807, 2.05) is 0 Å². The molecule has 0 saturated heterocycles. The van der Waals surface area contributed by atoms with Gasteiger partial charge in [-0.15, -0.1) is 0 Å². The van der Waals surface area contributed by atoms with E-state index in [4.69, 9.17) is 0 Å². The van der Waals surface area contributed by atoms with Crippen LogP contribution >= 0.6 is 0 Å². The molecule has 0 aliphatic carbocycles. The van der Waals surface area contributed by atoms with Gasteiger partial charge in [0.25, 0.3) is 0 Å². The van der Waals surface area contributed by atoms with Crippen LogP contribution in [0.5, 0.6) is 0 Å². The van der Waals surface area contributed by atoms with Crippen LogP contribution in [0.1, 0.15) is 0 Å². The van der Waals surface area contributed by atoms with E-state index < -0.39 is 20.9 Å². The van der Waals surface area contributed by atoms with Gasteiger partial charge in [0, 0.05) is 27.2 Å². The second-order valence-corrected chi connectivity index (χ2v) is 18.4. The average molecular weight is 851 g/mol. The molecule has 58 heavy (non-hydrogen) atoms. The Balaban J connectivity index is 1.03. The van der Waals surface area contributed by atoms with Gasteiger partial charge in [-0.25, -0.2) is 0 Å². The van der Waals surface area contributed by atoms with Crippen LogP contribution < -0.4 is 12.1 Å². The summed E-state index contributed by atoms with van der Waals surface area (Å²) in [5, 5.41) is 12.7. The zero-order valence-corrected chi connectivity index (χ0v) is 33.6. The molecule has 3 nitrogen and oxygen atoms in total. The molecular formula is C54H33N3Te. The fourth-order valence-electron chi connectivity index (χ4n) is 9.77. The predicted octanol–water partition coefficient (Wildman–Crippen LogP) is 12.8. The second-order valence-electron chi connectivity index (χ2n) is 15.3. The third kappa shape index (κ3) is 4.56. The summed E-state index contributed by atoms with van der Waals surface area (Å²) in [5.41, 5.74) is 11.0. The van der Waals surface area contributed by atoms with Gasteiger partial charge < -0.3 is 4.57 Å². The summed E-state index contributed by atoms with van der Waals surface area (Å²) in [7, 11) is 0. The van der Waals surface area contributed by atoms with Crippen molar-refractivity contribution in [1.82, 2.24) is 9.13 Å². The predicted molar refractivity (Wildman–Crippen MR) is 247 cm³/mol. The molecule has 0 saturated carbocycles. The van der Waals surface area contributed by atoms with Crippen LogP contribution in [0.15, 0.2) is 200 Å². The van der Waals surface area contributed by atoms with E-state index in [1.54, 1.807) is 0 Å². The molecule has 13 rings (SSSR count). The first-order valence-corrected chi connectivity index (χ1v) is 22.2. The third-order valence-electron chi connectivity index (χ3n) is 12.2. The quantitative estimate of drug-likeness (QED) is 0.127. The van der Waals surface area contributed by atoms with Gasteiger partial charge in [-0.1, -0.05) is 54.6 Å². The minimum absolute atomic E-state index is 0.469. The molecule has 1 aliphatic rings. The van der Waals surface area contributed by atoms with Crippen LogP contribution in [0.3, 0.4) is 0 Å². The fraction of sp³-hybridized carbons (Fsp3) is 0. The molecule has 0 spiro atoms. The van der Waals surface area contributed by atoms with Gasteiger partial charge in [-0.3, -0.25) is 0 Å². The van der Waals surface area contributed by atoms with E-state index in [1.165, 1.54) is 106 Å². The number of anilines is 3. The summed E-state index contributed by atoms with van der Waals surface area (Å²) in [6.45, 7) is 0. The Kier molecular flexibility index (Phi) is 6.86. The molecule has 4 heteroatoms. The topological polar surface area (TPSA) is 13.1 Å². The maximum absolute atomic E-state index is 2.49. The van der Waals surface area contributed by atoms with E-state index in [-0.39, 0.29) is 0 Å². The summed E-state index contributed by atoms with van der Waals surface area (Å²) in [6, 6.07) is 74.5. The Morgan fingerprint density at radius 2 is 0.621 bits per heavy atom. The summed E-state index contributed by atoms with van der Waals surface area (Å²) in [6.07, 6.45) is 0. The zero-order chi connectivity index (χ0) is 37.9. The molecule has 270 valence electrons. The second kappa shape index (κ2) is 12.3. The number of hydrogen-bond acceptors (Lipinski definition) is 1. The molecule has 0 atom stereocenters. The van der Waals surface area contributed by atoms with E-state index >= 15 is 0 Å². The molecule has 2 aromatic heterocycles. The zero-order valence-electron chi connectivity index (χ0n) is 31.3. The summed E-state index contributed by atoms with van der Waals surface area (Å²) in [5.74, 6) is 0. The van der Waals surface area contributed by atoms with Crippen molar-refractivity contribution in [2.24, 2.45) is 0 Å². The maximum atomic E-state index is 2.49. The molecule has 0 unspecified atom stereocenters. The molecule has 10 aromatic carbocycles. The van der Waals surface area contributed by atoms with Crippen LogP contribution in [0, 0.1) is 0 Å². The van der Waals surface area contributed by atoms with Crippen molar-refractivity contribution < 1.29 is 0 Å². The molecule has 0 amide bonds. The van der Waals surface area contributed by atoms with Gasteiger partial charge in [0.05, 0.1) is 11.0 Å². The molecule has 3 heterocycles. The Labute approximate surface area is 344 Å². The minimum atomic E-state index is -0.469. The van der Waals surface area contributed by atoms with Crippen molar-refractivity contribution in [3.05, 3.63) is 200 Å². The molecule has 12 aromatic rings. The van der Waals surface area contributed by atoms with Crippen molar-refractivity contribution >= 4 is 121 Å². The number of nitrogens with zero attached hydrogens (tertiary/aromatic N) is 3. The summed E-state index contributed by atoms with van der Waals surface area (Å²) >= 11 is -0.469. The molecular weight excluding hydrogens is 818 g/mol. The first kappa shape index (κ1) is 32.3. The number of rotatable bonds is 3. The first-order chi connectivity index (χ1) is 28.8. The number of aromatic nitrogens is 2. The van der Waals surface area contributed by atoms with Crippen molar-refractivity contribution in [2.75, 3.05) is 4.90 Å². The molecule has 0 N–H and O–H groups in total. The van der Waals surface area contributed by atoms with Crippen LogP contribution in [0.25, 0.3) is 87.3 Å². The van der Waals surface area contributed by atoms with Crippen LogP contribution in [-0.4, -0.2) is 30.1 Å². The van der Waals surface area contributed by atoms with E-state index in [0.717, 1.165) is 5.69 Å². The van der Waals surface area contributed by atoms with Crippen molar-refractivity contribution in [3.63, 3.8) is 0 Å². The van der Waals surface area contributed by atoms with Crippen LogP contribution in [0.2, 0.25) is 0 Å². The van der Waals surface area contributed by atoms with Gasteiger partial charge in [-0.2, -0.15) is 0 Å². The number of fused-ring (bicyclic) bond motifs is 14. The SMILES string of the molecule is c1ccc2c(c1)[Te]c1ccccc1N2c1ccc2c3ccccc3c3cc(-n4c5ccccc5c5cc(-n6c7ccccc7c7ccccc76)ccc54)ccc3c2c1. The molecule has 0 radical (unpaired) electrons. The number of hydrogen-bond donors (Lipinski definition) is 0. The monoisotopic (exact) mass is 853 g/mol. The van der Waals surface area contributed by atoms with Crippen LogP contribution in [-0.2, 0) is 0 Å². The molecule has 1 aliphatic heterocycles. The van der Waals surface area contributed by atoms with Gasteiger partial charge in [0.15, 0.2) is 0 Å². The van der Waals surface area contributed by atoms with E-state index in [0.29, 0.717) is 0 Å².